The van der Waals surface area contributed by atoms with Crippen molar-refractivity contribution in [3.8, 4) is 0 Å². The van der Waals surface area contributed by atoms with Crippen molar-refractivity contribution in [2.45, 2.75) is 38.4 Å². The number of hydrogen-bond donors (Lipinski definition) is 2. The molecule has 3 unspecified atom stereocenters. The van der Waals surface area contributed by atoms with E-state index in [0.29, 0.717) is 18.5 Å². The predicted molar refractivity (Wildman–Crippen MR) is 63.4 cm³/mol. The Hall–Kier alpha value is -0.650. The maximum atomic E-state index is 10.6. The van der Waals surface area contributed by atoms with Gasteiger partial charge in [-0.2, -0.15) is 0 Å². The van der Waals surface area contributed by atoms with Gasteiger partial charge in [-0.05, 0) is 27.3 Å². The molecule has 1 fully saturated rings. The topological polar surface area (TPSA) is 69.8 Å². The van der Waals surface area contributed by atoms with Crippen LogP contribution in [-0.2, 0) is 4.79 Å². The fourth-order valence-electron chi connectivity index (χ4n) is 2.14. The standard InChI is InChI=1S/C11H23N3O2/c1-8-6-14(7-9(2)13(8)3)5-4-10(12)11(15)16/h8-10H,4-7,12H2,1-3H3,(H,15,16). The van der Waals surface area contributed by atoms with Gasteiger partial charge in [0.05, 0.1) is 0 Å². The van der Waals surface area contributed by atoms with Gasteiger partial charge in [0.25, 0.3) is 0 Å². The maximum Gasteiger partial charge on any atom is 0.320 e. The maximum absolute atomic E-state index is 10.6. The average Bonchev–Trinajstić information content (AvgIpc) is 2.22. The first-order valence-electron chi connectivity index (χ1n) is 5.84. The first-order chi connectivity index (χ1) is 7.41. The van der Waals surface area contributed by atoms with E-state index in [0.717, 1.165) is 19.6 Å². The van der Waals surface area contributed by atoms with Crippen molar-refractivity contribution in [1.29, 1.82) is 0 Å². The van der Waals surface area contributed by atoms with Crippen LogP contribution in [0.2, 0.25) is 0 Å². The molecule has 0 saturated carbocycles. The number of nitrogens with zero attached hydrogens (tertiary/aromatic N) is 2. The summed E-state index contributed by atoms with van der Waals surface area (Å²) in [6, 6.07) is 0.305. The molecule has 0 radical (unpaired) electrons. The molecule has 1 saturated heterocycles. The fraction of sp³-hybridized carbons (Fsp3) is 0.909. The van der Waals surface area contributed by atoms with E-state index in [4.69, 9.17) is 10.8 Å². The van der Waals surface area contributed by atoms with Crippen molar-refractivity contribution in [2.75, 3.05) is 26.7 Å². The van der Waals surface area contributed by atoms with Crippen LogP contribution in [0.3, 0.4) is 0 Å². The first kappa shape index (κ1) is 13.4. The molecule has 1 rings (SSSR count). The van der Waals surface area contributed by atoms with Gasteiger partial charge in [-0.25, -0.2) is 0 Å². The molecule has 5 nitrogen and oxygen atoms in total. The van der Waals surface area contributed by atoms with E-state index in [1.807, 2.05) is 0 Å². The van der Waals surface area contributed by atoms with Gasteiger partial charge in [0.1, 0.15) is 6.04 Å². The highest BCUT2D eigenvalue weighted by Crippen LogP contribution is 2.13. The number of piperazine rings is 1. The molecule has 1 heterocycles. The second-order valence-corrected chi connectivity index (χ2v) is 4.86. The number of likely N-dealkylation sites (N-methyl/N-ethyl adjacent to an activating group) is 1. The molecule has 5 heteroatoms. The highest BCUT2D eigenvalue weighted by molar-refractivity contribution is 5.72. The summed E-state index contributed by atoms with van der Waals surface area (Å²) in [5.41, 5.74) is 5.49. The largest absolute Gasteiger partial charge is 0.480 e. The Morgan fingerprint density at radius 1 is 1.44 bits per heavy atom. The van der Waals surface area contributed by atoms with Crippen molar-refractivity contribution in [2.24, 2.45) is 5.73 Å². The van der Waals surface area contributed by atoms with E-state index in [1.165, 1.54) is 0 Å². The molecule has 3 atom stereocenters. The summed E-state index contributed by atoms with van der Waals surface area (Å²) in [6.45, 7) is 7.15. The Kier molecular flexibility index (Phi) is 4.70. The zero-order valence-corrected chi connectivity index (χ0v) is 10.4. The van der Waals surface area contributed by atoms with Crippen LogP contribution in [-0.4, -0.2) is 65.7 Å². The van der Waals surface area contributed by atoms with Gasteiger partial charge in [-0.1, -0.05) is 0 Å². The van der Waals surface area contributed by atoms with Crippen molar-refractivity contribution in [3.63, 3.8) is 0 Å². The monoisotopic (exact) mass is 229 g/mol. The van der Waals surface area contributed by atoms with E-state index < -0.39 is 12.0 Å². The number of nitrogens with two attached hydrogens (primary N) is 1. The van der Waals surface area contributed by atoms with Crippen molar-refractivity contribution in [3.05, 3.63) is 0 Å². The van der Waals surface area contributed by atoms with Crippen molar-refractivity contribution < 1.29 is 9.90 Å². The lowest BCUT2D eigenvalue weighted by atomic mass is 10.1. The SMILES string of the molecule is CC1CN(CCC(N)C(=O)O)CC(C)N1C. The molecule has 0 aromatic carbocycles. The normalized spacial score (nSPS) is 30.2. The summed E-state index contributed by atoms with van der Waals surface area (Å²) in [6.07, 6.45) is 0.526. The summed E-state index contributed by atoms with van der Waals surface area (Å²) in [5.74, 6) is -0.907. The average molecular weight is 229 g/mol. The van der Waals surface area contributed by atoms with Gasteiger partial charge in [0.15, 0.2) is 0 Å². The Bertz CT molecular complexity index is 235. The smallest absolute Gasteiger partial charge is 0.320 e. The van der Waals surface area contributed by atoms with Gasteiger partial charge < -0.3 is 15.7 Å². The van der Waals surface area contributed by atoms with Crippen molar-refractivity contribution in [1.82, 2.24) is 9.80 Å². The third-order valence-electron chi connectivity index (χ3n) is 3.51. The molecule has 0 aliphatic carbocycles. The molecule has 0 aromatic heterocycles. The van der Waals surface area contributed by atoms with Crippen LogP contribution in [0.25, 0.3) is 0 Å². The molecule has 0 bridgehead atoms. The fourth-order valence-corrected chi connectivity index (χ4v) is 2.14. The lowest BCUT2D eigenvalue weighted by Crippen LogP contribution is -2.55. The minimum atomic E-state index is -0.907. The van der Waals surface area contributed by atoms with Crippen LogP contribution in [0, 0.1) is 0 Å². The Morgan fingerprint density at radius 2 is 1.94 bits per heavy atom. The molecule has 1 aliphatic rings. The molecule has 1 aliphatic heterocycles. The van der Waals surface area contributed by atoms with E-state index in [9.17, 15) is 4.79 Å². The summed E-state index contributed by atoms with van der Waals surface area (Å²) < 4.78 is 0. The number of aliphatic carboxylic acids is 1. The summed E-state index contributed by atoms with van der Waals surface area (Å²) in [4.78, 5) is 15.3. The number of hydrogen-bond acceptors (Lipinski definition) is 4. The van der Waals surface area contributed by atoms with E-state index in [2.05, 4.69) is 30.7 Å². The minimum Gasteiger partial charge on any atom is -0.480 e. The molecular weight excluding hydrogens is 206 g/mol. The lowest BCUT2D eigenvalue weighted by molar-refractivity contribution is -0.138. The number of carboxylic acid groups (broad SMARTS) is 1. The Morgan fingerprint density at radius 3 is 2.38 bits per heavy atom. The lowest BCUT2D eigenvalue weighted by Gasteiger charge is -2.42. The summed E-state index contributed by atoms with van der Waals surface area (Å²) in [5, 5.41) is 8.71. The van der Waals surface area contributed by atoms with E-state index >= 15 is 0 Å². The second kappa shape index (κ2) is 5.61. The van der Waals surface area contributed by atoms with Crippen LogP contribution in [0.5, 0.6) is 0 Å². The molecular formula is C11H23N3O2. The Balaban J connectivity index is 2.36. The molecule has 94 valence electrons. The zero-order chi connectivity index (χ0) is 12.3. The number of rotatable bonds is 4. The van der Waals surface area contributed by atoms with Gasteiger partial charge in [0, 0.05) is 31.7 Å². The highest BCUT2D eigenvalue weighted by atomic mass is 16.4. The van der Waals surface area contributed by atoms with Crippen LogP contribution < -0.4 is 5.73 Å². The van der Waals surface area contributed by atoms with Crippen molar-refractivity contribution >= 4 is 5.97 Å². The third kappa shape index (κ3) is 3.43. The molecule has 0 spiro atoms. The summed E-state index contributed by atoms with van der Waals surface area (Å²) >= 11 is 0. The third-order valence-corrected chi connectivity index (χ3v) is 3.51. The zero-order valence-electron chi connectivity index (χ0n) is 10.4. The van der Waals surface area contributed by atoms with Crippen LogP contribution >= 0.6 is 0 Å². The minimum absolute atomic E-state index is 0.518. The van der Waals surface area contributed by atoms with Gasteiger partial charge in [-0.15, -0.1) is 0 Å². The first-order valence-corrected chi connectivity index (χ1v) is 5.84. The van der Waals surface area contributed by atoms with E-state index in [-0.39, 0.29) is 0 Å². The van der Waals surface area contributed by atoms with Gasteiger partial charge in [0.2, 0.25) is 0 Å². The van der Waals surface area contributed by atoms with Gasteiger partial charge >= 0.3 is 5.97 Å². The number of carboxylic acids is 1. The number of carbonyl (C=O) groups is 1. The Labute approximate surface area is 97.2 Å². The molecule has 3 N–H and O–H groups in total. The summed E-state index contributed by atoms with van der Waals surface area (Å²) in [7, 11) is 2.13. The predicted octanol–water partition coefficient (Wildman–Crippen LogP) is -0.187. The van der Waals surface area contributed by atoms with Crippen LogP contribution in [0.1, 0.15) is 20.3 Å². The van der Waals surface area contributed by atoms with Gasteiger partial charge in [-0.3, -0.25) is 9.69 Å². The highest BCUT2D eigenvalue weighted by Gasteiger charge is 2.26. The second-order valence-electron chi connectivity index (χ2n) is 4.86. The van der Waals surface area contributed by atoms with Crippen LogP contribution in [0.4, 0.5) is 0 Å². The quantitative estimate of drug-likeness (QED) is 0.699. The van der Waals surface area contributed by atoms with Crippen LogP contribution in [0.15, 0.2) is 0 Å². The molecule has 0 aromatic rings. The molecule has 0 amide bonds. The van der Waals surface area contributed by atoms with E-state index in [1.54, 1.807) is 0 Å². The molecule has 16 heavy (non-hydrogen) atoms.